The number of nitrogens with one attached hydrogen (secondary N) is 1. The van der Waals surface area contributed by atoms with Gasteiger partial charge in [0.15, 0.2) is 11.6 Å². The number of aromatic amines is 1. The molecule has 160 valence electrons. The first kappa shape index (κ1) is 20.9. The fourth-order valence-corrected chi connectivity index (χ4v) is 3.78. The molecule has 0 radical (unpaired) electrons. The average Bonchev–Trinajstić information content (AvgIpc) is 3.46. The summed E-state index contributed by atoms with van der Waals surface area (Å²) in [6, 6.07) is 16.8. The molecule has 4 rings (SSSR count). The van der Waals surface area contributed by atoms with Gasteiger partial charge in [0, 0.05) is 18.4 Å². The highest BCUT2D eigenvalue weighted by Crippen LogP contribution is 2.29. The second kappa shape index (κ2) is 10.1. The van der Waals surface area contributed by atoms with Crippen LogP contribution >= 0.6 is 0 Å². The molecule has 0 fully saturated rings. The summed E-state index contributed by atoms with van der Waals surface area (Å²) in [4.78, 5) is 4.80. The number of unbranched alkanes of at least 4 members (excludes halogenated alkanes) is 2. The summed E-state index contributed by atoms with van der Waals surface area (Å²) >= 11 is 0. The molecule has 0 unspecified atom stereocenters. The molecule has 0 bridgehead atoms. The van der Waals surface area contributed by atoms with Gasteiger partial charge in [-0.05, 0) is 40.0 Å². The van der Waals surface area contributed by atoms with Gasteiger partial charge in [0.25, 0.3) is 0 Å². The molecule has 0 amide bonds. The van der Waals surface area contributed by atoms with E-state index in [-0.39, 0.29) is 0 Å². The Morgan fingerprint density at radius 2 is 1.68 bits per heavy atom. The first-order valence-corrected chi connectivity index (χ1v) is 11.1. The van der Waals surface area contributed by atoms with Crippen molar-refractivity contribution in [1.29, 1.82) is 0 Å². The molecule has 2 aromatic carbocycles. The molecule has 0 aliphatic carbocycles. The van der Waals surface area contributed by atoms with Crippen LogP contribution in [0.2, 0.25) is 0 Å². The van der Waals surface area contributed by atoms with E-state index in [9.17, 15) is 0 Å². The number of H-pyrrole nitrogens is 1. The zero-order valence-electron chi connectivity index (χ0n) is 18.3. The van der Waals surface area contributed by atoms with Gasteiger partial charge in [0.2, 0.25) is 0 Å². The van der Waals surface area contributed by atoms with Crippen molar-refractivity contribution in [2.75, 3.05) is 0 Å². The van der Waals surface area contributed by atoms with E-state index in [0.29, 0.717) is 5.82 Å². The Labute approximate surface area is 182 Å². The predicted molar refractivity (Wildman–Crippen MR) is 121 cm³/mol. The number of tetrazole rings is 1. The topological polar surface area (TPSA) is 85.2 Å². The molecule has 2 aromatic heterocycles. The lowest BCUT2D eigenvalue weighted by molar-refractivity contribution is 0.603. The molecule has 31 heavy (non-hydrogen) atoms. The zero-order valence-corrected chi connectivity index (χ0v) is 18.3. The zero-order chi connectivity index (χ0) is 21.5. The Bertz CT molecular complexity index is 1080. The van der Waals surface area contributed by atoms with Crippen molar-refractivity contribution >= 4 is 0 Å². The third-order valence-electron chi connectivity index (χ3n) is 5.39. The lowest BCUT2D eigenvalue weighted by atomic mass is 9.98. The fourth-order valence-electron chi connectivity index (χ4n) is 3.78. The molecule has 0 aliphatic heterocycles. The van der Waals surface area contributed by atoms with Crippen LogP contribution in [-0.2, 0) is 19.4 Å². The highest BCUT2D eigenvalue weighted by molar-refractivity contribution is 5.80. The van der Waals surface area contributed by atoms with Crippen LogP contribution in [0.3, 0.4) is 0 Å². The van der Waals surface area contributed by atoms with Crippen molar-refractivity contribution in [1.82, 2.24) is 35.4 Å². The third-order valence-corrected chi connectivity index (χ3v) is 5.39. The van der Waals surface area contributed by atoms with Crippen LogP contribution in [0, 0.1) is 0 Å². The van der Waals surface area contributed by atoms with E-state index >= 15 is 0 Å². The third kappa shape index (κ3) is 5.05. The maximum absolute atomic E-state index is 4.80. The van der Waals surface area contributed by atoms with Crippen LogP contribution in [0.4, 0.5) is 0 Å². The van der Waals surface area contributed by atoms with Gasteiger partial charge in [0.05, 0.1) is 6.54 Å². The Kier molecular flexibility index (Phi) is 6.82. The summed E-state index contributed by atoms with van der Waals surface area (Å²) in [6.45, 7) is 5.14. The molecular weight excluding hydrogens is 386 g/mol. The van der Waals surface area contributed by atoms with Crippen molar-refractivity contribution in [3.05, 3.63) is 65.7 Å². The number of hydrogen-bond donors (Lipinski definition) is 1. The highest BCUT2D eigenvalue weighted by atomic mass is 15.5. The molecule has 7 nitrogen and oxygen atoms in total. The SMILES string of the molecule is CCCCCc1nc(CCC)nn1Cc1ccc(-c2ccccc2-c2nnn[nH]2)cc1. The first-order valence-electron chi connectivity index (χ1n) is 11.1. The molecule has 0 aliphatic rings. The minimum absolute atomic E-state index is 0.669. The molecule has 1 N–H and O–H groups in total. The lowest BCUT2D eigenvalue weighted by Crippen LogP contribution is -2.07. The van der Waals surface area contributed by atoms with Crippen LogP contribution in [0.1, 0.15) is 56.7 Å². The van der Waals surface area contributed by atoms with E-state index < -0.39 is 0 Å². The number of rotatable bonds is 10. The van der Waals surface area contributed by atoms with Gasteiger partial charge < -0.3 is 0 Å². The number of aromatic nitrogens is 7. The minimum atomic E-state index is 0.669. The van der Waals surface area contributed by atoms with Crippen molar-refractivity contribution < 1.29 is 0 Å². The van der Waals surface area contributed by atoms with E-state index in [1.54, 1.807) is 0 Å². The monoisotopic (exact) mass is 415 g/mol. The maximum Gasteiger partial charge on any atom is 0.180 e. The Hall–Kier alpha value is -3.35. The number of benzene rings is 2. The molecule has 7 heteroatoms. The van der Waals surface area contributed by atoms with Crippen molar-refractivity contribution in [3.63, 3.8) is 0 Å². The molecule has 2 heterocycles. The van der Waals surface area contributed by atoms with Gasteiger partial charge in [-0.1, -0.05) is 75.2 Å². The van der Waals surface area contributed by atoms with Crippen LogP contribution in [0.15, 0.2) is 48.5 Å². The summed E-state index contributed by atoms with van der Waals surface area (Å²) in [7, 11) is 0. The number of aryl methyl sites for hydroxylation is 2. The second-order valence-electron chi connectivity index (χ2n) is 7.80. The molecular formula is C24H29N7. The van der Waals surface area contributed by atoms with Gasteiger partial charge in [-0.25, -0.2) is 14.8 Å². The quantitative estimate of drug-likeness (QED) is 0.374. The van der Waals surface area contributed by atoms with Gasteiger partial charge in [-0.3, -0.25) is 0 Å². The number of hydrogen-bond acceptors (Lipinski definition) is 5. The standard InChI is InChI=1S/C24H29N7/c1-3-5-6-12-23-25-22(9-4-2)28-31(23)17-18-13-15-19(16-14-18)20-10-7-8-11-21(20)24-26-29-30-27-24/h7-8,10-11,13-16H,3-6,9,12,17H2,1-2H3,(H,26,27,29,30). The summed E-state index contributed by atoms with van der Waals surface area (Å²) < 4.78 is 2.09. The van der Waals surface area contributed by atoms with Gasteiger partial charge in [-0.2, -0.15) is 5.10 Å². The van der Waals surface area contributed by atoms with Crippen LogP contribution in [0.25, 0.3) is 22.5 Å². The lowest BCUT2D eigenvalue weighted by Gasteiger charge is -2.09. The minimum Gasteiger partial charge on any atom is -0.245 e. The Morgan fingerprint density at radius 3 is 2.39 bits per heavy atom. The van der Waals surface area contributed by atoms with Crippen LogP contribution in [-0.4, -0.2) is 35.4 Å². The predicted octanol–water partition coefficient (Wildman–Crippen LogP) is 4.86. The normalized spacial score (nSPS) is 11.2. The Balaban J connectivity index is 1.55. The molecule has 0 saturated heterocycles. The van der Waals surface area contributed by atoms with E-state index in [4.69, 9.17) is 10.1 Å². The molecule has 0 saturated carbocycles. The smallest absolute Gasteiger partial charge is 0.180 e. The van der Waals surface area contributed by atoms with E-state index in [1.807, 2.05) is 18.2 Å². The molecule has 0 spiro atoms. The van der Waals surface area contributed by atoms with Crippen molar-refractivity contribution in [2.24, 2.45) is 0 Å². The maximum atomic E-state index is 4.80. The van der Waals surface area contributed by atoms with E-state index in [0.717, 1.165) is 60.6 Å². The highest BCUT2D eigenvalue weighted by Gasteiger charge is 2.12. The largest absolute Gasteiger partial charge is 0.245 e. The first-order chi connectivity index (χ1) is 15.3. The van der Waals surface area contributed by atoms with Gasteiger partial charge in [0.1, 0.15) is 5.82 Å². The Morgan fingerprint density at radius 1 is 0.871 bits per heavy atom. The average molecular weight is 416 g/mol. The van der Waals surface area contributed by atoms with E-state index in [1.165, 1.54) is 18.4 Å². The van der Waals surface area contributed by atoms with Crippen molar-refractivity contribution in [3.8, 4) is 22.5 Å². The van der Waals surface area contributed by atoms with Crippen molar-refractivity contribution in [2.45, 2.75) is 58.9 Å². The molecule has 0 atom stereocenters. The summed E-state index contributed by atoms with van der Waals surface area (Å²) in [5, 5.41) is 19.1. The number of nitrogens with zero attached hydrogens (tertiary/aromatic N) is 6. The summed E-state index contributed by atoms with van der Waals surface area (Å²) in [6.07, 6.45) is 6.58. The van der Waals surface area contributed by atoms with Crippen LogP contribution in [0.5, 0.6) is 0 Å². The van der Waals surface area contributed by atoms with Crippen LogP contribution < -0.4 is 0 Å². The summed E-state index contributed by atoms with van der Waals surface area (Å²) in [5.74, 6) is 2.73. The molecule has 4 aromatic rings. The van der Waals surface area contributed by atoms with E-state index in [2.05, 4.69) is 69.5 Å². The fraction of sp³-hybridized carbons (Fsp3) is 0.375. The second-order valence-corrected chi connectivity index (χ2v) is 7.80. The van der Waals surface area contributed by atoms with Gasteiger partial charge >= 0.3 is 0 Å². The van der Waals surface area contributed by atoms with Gasteiger partial charge in [-0.15, -0.1) is 5.10 Å². The summed E-state index contributed by atoms with van der Waals surface area (Å²) in [5.41, 5.74) is 4.43.